The van der Waals surface area contributed by atoms with Gasteiger partial charge in [0.1, 0.15) is 11.6 Å². The van der Waals surface area contributed by atoms with Crippen LogP contribution in [0.1, 0.15) is 69.6 Å². The molecule has 2 heterocycles. The van der Waals surface area contributed by atoms with Gasteiger partial charge in [-0.15, -0.1) is 0 Å². The molecule has 4 rings (SSSR count). The van der Waals surface area contributed by atoms with Gasteiger partial charge < -0.3 is 30.4 Å². The van der Waals surface area contributed by atoms with Crippen molar-refractivity contribution < 1.29 is 4.79 Å². The lowest BCUT2D eigenvalue weighted by Crippen LogP contribution is -2.43. The lowest BCUT2D eigenvalue weighted by atomic mass is 9.89. The Morgan fingerprint density at radius 3 is 2.03 bits per heavy atom. The van der Waals surface area contributed by atoms with E-state index >= 15 is 0 Å². The highest BCUT2D eigenvalue weighted by Gasteiger charge is 2.25. The molecule has 0 atom stereocenters. The van der Waals surface area contributed by atoms with E-state index in [9.17, 15) is 4.79 Å². The molecule has 2 aromatic heterocycles. The number of hydrogen-bond donors (Lipinski definition) is 4. The van der Waals surface area contributed by atoms with E-state index in [1.807, 2.05) is 12.1 Å². The Morgan fingerprint density at radius 2 is 1.51 bits per heavy atom. The first kappa shape index (κ1) is 26.9. The predicted molar refractivity (Wildman–Crippen MR) is 147 cm³/mol. The zero-order chi connectivity index (χ0) is 25.9. The Kier molecular flexibility index (Phi) is 10.1. The molecule has 9 nitrogen and oxygen atoms in total. The Bertz CT molecular complexity index is 985. The van der Waals surface area contributed by atoms with Gasteiger partial charge in [-0.05, 0) is 69.3 Å². The van der Waals surface area contributed by atoms with Crippen LogP contribution in [0.25, 0.3) is 0 Å². The van der Waals surface area contributed by atoms with E-state index in [0.29, 0.717) is 19.1 Å². The Hall–Kier alpha value is -3.17. The van der Waals surface area contributed by atoms with E-state index in [-0.39, 0.29) is 6.03 Å². The molecule has 200 valence electrons. The minimum atomic E-state index is -0.198. The molecule has 1 aliphatic rings. The first-order valence-electron chi connectivity index (χ1n) is 13.7. The van der Waals surface area contributed by atoms with Gasteiger partial charge in [0.05, 0.1) is 13.1 Å². The van der Waals surface area contributed by atoms with Gasteiger partial charge in [-0.25, -0.2) is 14.8 Å². The average molecular weight is 507 g/mol. The number of rotatable bonds is 13. The number of nitrogens with zero attached hydrogens (tertiary/aromatic N) is 4. The monoisotopic (exact) mass is 506 g/mol. The number of nitrogens with one attached hydrogen (secondary N) is 4. The zero-order valence-corrected chi connectivity index (χ0v) is 22.2. The third-order valence-electron chi connectivity index (χ3n) is 7.11. The molecule has 0 radical (unpaired) electrons. The van der Waals surface area contributed by atoms with Crippen molar-refractivity contribution in [2.75, 3.05) is 18.4 Å². The summed E-state index contributed by atoms with van der Waals surface area (Å²) in [5.41, 5.74) is 1.99. The largest absolute Gasteiger partial charge is 0.347 e. The molecule has 4 N–H and O–H groups in total. The predicted octanol–water partition coefficient (Wildman–Crippen LogP) is 4.89. The quantitative estimate of drug-likeness (QED) is 0.264. The van der Waals surface area contributed by atoms with Crippen molar-refractivity contribution in [3.63, 3.8) is 0 Å². The van der Waals surface area contributed by atoms with Crippen molar-refractivity contribution in [1.82, 2.24) is 35.1 Å². The van der Waals surface area contributed by atoms with Crippen LogP contribution < -0.4 is 10.6 Å². The van der Waals surface area contributed by atoms with E-state index in [4.69, 9.17) is 0 Å². The van der Waals surface area contributed by atoms with Crippen molar-refractivity contribution in [1.29, 1.82) is 0 Å². The third kappa shape index (κ3) is 8.16. The van der Waals surface area contributed by atoms with Crippen LogP contribution in [0, 0.1) is 0 Å². The van der Waals surface area contributed by atoms with Crippen molar-refractivity contribution in [2.45, 2.75) is 84.1 Å². The highest BCUT2D eigenvalue weighted by Crippen LogP contribution is 2.24. The zero-order valence-electron chi connectivity index (χ0n) is 22.2. The maximum Gasteiger partial charge on any atom is 0.322 e. The number of aromatic amines is 2. The molecule has 0 spiro atoms. The van der Waals surface area contributed by atoms with E-state index in [2.05, 4.69) is 61.4 Å². The molecule has 3 aromatic rings. The fourth-order valence-electron chi connectivity index (χ4n) is 5.20. The van der Waals surface area contributed by atoms with Gasteiger partial charge in [-0.2, -0.15) is 0 Å². The molecule has 1 aliphatic carbocycles. The first-order valence-corrected chi connectivity index (χ1v) is 13.7. The standard InChI is InChI=1S/C28H42N8O/c1-3-17-35(18-4-2)25-11-9-23(10-12-25)33-19-22-5-7-24(8-6-22)34-28(37)36(20-26-29-13-14-30-26)21-27-31-15-16-32-27/h5-8,13-16,23,25,33H,3-4,9-12,17-21H2,1-2H3,(H,29,30)(H,31,32)(H,34,37)/t23-,25-. The molecule has 0 aliphatic heterocycles. The number of carbonyl (C=O) groups is 1. The van der Waals surface area contributed by atoms with Gasteiger partial charge in [0.25, 0.3) is 0 Å². The minimum absolute atomic E-state index is 0.198. The second-order valence-corrected chi connectivity index (χ2v) is 9.98. The van der Waals surface area contributed by atoms with Crippen LogP contribution in [0.15, 0.2) is 49.1 Å². The van der Waals surface area contributed by atoms with E-state index in [1.165, 1.54) is 57.2 Å². The van der Waals surface area contributed by atoms with Gasteiger partial charge in [-0.1, -0.05) is 26.0 Å². The number of benzene rings is 1. The molecule has 1 fully saturated rings. The number of amides is 2. The lowest BCUT2D eigenvalue weighted by Gasteiger charge is -2.37. The van der Waals surface area contributed by atoms with Crippen LogP contribution >= 0.6 is 0 Å². The summed E-state index contributed by atoms with van der Waals surface area (Å²) in [6, 6.07) is 9.24. The Morgan fingerprint density at radius 1 is 0.919 bits per heavy atom. The second kappa shape index (κ2) is 13.9. The summed E-state index contributed by atoms with van der Waals surface area (Å²) in [6.07, 6.45) is 14.4. The minimum Gasteiger partial charge on any atom is -0.347 e. The van der Waals surface area contributed by atoms with Crippen molar-refractivity contribution in [3.05, 3.63) is 66.3 Å². The average Bonchev–Trinajstić information content (AvgIpc) is 3.63. The summed E-state index contributed by atoms with van der Waals surface area (Å²) in [4.78, 5) is 32.1. The van der Waals surface area contributed by atoms with Gasteiger partial charge in [0.15, 0.2) is 0 Å². The van der Waals surface area contributed by atoms with Gasteiger partial charge in [0.2, 0.25) is 0 Å². The van der Waals surface area contributed by atoms with Crippen LogP contribution in [-0.4, -0.2) is 60.9 Å². The molecule has 9 heteroatoms. The molecular weight excluding hydrogens is 464 g/mol. The summed E-state index contributed by atoms with van der Waals surface area (Å²) in [5.74, 6) is 1.45. The SMILES string of the molecule is CCCN(CCC)[C@H]1CC[C@H](NCc2ccc(NC(=O)N(Cc3ncc[nH]3)Cc3ncc[nH]3)cc2)CC1. The third-order valence-corrected chi connectivity index (χ3v) is 7.11. The number of aromatic nitrogens is 4. The molecule has 2 amide bonds. The highest BCUT2D eigenvalue weighted by atomic mass is 16.2. The number of carbonyl (C=O) groups excluding carboxylic acids is 1. The molecule has 37 heavy (non-hydrogen) atoms. The maximum absolute atomic E-state index is 13.1. The number of imidazole rings is 2. The molecule has 0 unspecified atom stereocenters. The molecule has 0 saturated heterocycles. The fourth-order valence-corrected chi connectivity index (χ4v) is 5.20. The van der Waals surface area contributed by atoms with Crippen molar-refractivity contribution in [3.8, 4) is 0 Å². The van der Waals surface area contributed by atoms with E-state index in [0.717, 1.165) is 29.9 Å². The van der Waals surface area contributed by atoms with Crippen molar-refractivity contribution >= 4 is 11.7 Å². The topological polar surface area (TPSA) is 105 Å². The molecule has 1 saturated carbocycles. The molecule has 0 bridgehead atoms. The summed E-state index contributed by atoms with van der Waals surface area (Å²) in [5, 5.41) is 6.77. The maximum atomic E-state index is 13.1. The second-order valence-electron chi connectivity index (χ2n) is 9.98. The van der Waals surface area contributed by atoms with Gasteiger partial charge in [-0.3, -0.25) is 0 Å². The Balaban J connectivity index is 1.24. The number of urea groups is 1. The molecule has 1 aromatic carbocycles. The number of hydrogen-bond acceptors (Lipinski definition) is 5. The van der Waals surface area contributed by atoms with E-state index in [1.54, 1.807) is 29.7 Å². The van der Waals surface area contributed by atoms with Crippen LogP contribution in [0.4, 0.5) is 10.5 Å². The van der Waals surface area contributed by atoms with Crippen molar-refractivity contribution in [2.24, 2.45) is 0 Å². The number of H-pyrrole nitrogens is 2. The lowest BCUT2D eigenvalue weighted by molar-refractivity contribution is 0.143. The van der Waals surface area contributed by atoms with E-state index < -0.39 is 0 Å². The van der Waals surface area contributed by atoms with Crippen LogP contribution in [-0.2, 0) is 19.6 Å². The van der Waals surface area contributed by atoms with Crippen LogP contribution in [0.3, 0.4) is 0 Å². The fraction of sp³-hybridized carbons (Fsp3) is 0.536. The first-order chi connectivity index (χ1) is 18.1. The van der Waals surface area contributed by atoms with Gasteiger partial charge >= 0.3 is 6.03 Å². The van der Waals surface area contributed by atoms with Crippen LogP contribution in [0.2, 0.25) is 0 Å². The summed E-state index contributed by atoms with van der Waals surface area (Å²) in [7, 11) is 0. The Labute approximate surface area is 220 Å². The highest BCUT2D eigenvalue weighted by molar-refractivity contribution is 5.89. The van der Waals surface area contributed by atoms with Crippen LogP contribution in [0.5, 0.6) is 0 Å². The summed E-state index contributed by atoms with van der Waals surface area (Å²) < 4.78 is 0. The number of anilines is 1. The normalized spacial score (nSPS) is 17.7. The van der Waals surface area contributed by atoms with Gasteiger partial charge in [0, 0.05) is 49.1 Å². The molecular formula is C28H42N8O. The summed E-state index contributed by atoms with van der Waals surface area (Å²) in [6.45, 7) is 8.58. The summed E-state index contributed by atoms with van der Waals surface area (Å²) >= 11 is 0. The smallest absolute Gasteiger partial charge is 0.322 e.